The highest BCUT2D eigenvalue weighted by atomic mass is 16.7. The third-order valence-corrected chi connectivity index (χ3v) is 6.17. The van der Waals surface area contributed by atoms with Crippen molar-refractivity contribution in [3.63, 3.8) is 0 Å². The lowest BCUT2D eigenvalue weighted by atomic mass is 9.81. The van der Waals surface area contributed by atoms with E-state index in [9.17, 15) is 19.2 Å². The van der Waals surface area contributed by atoms with Crippen LogP contribution in [0.4, 0.5) is 0 Å². The fourth-order valence-electron chi connectivity index (χ4n) is 4.39. The Kier molecular flexibility index (Phi) is 5.84. The summed E-state index contributed by atoms with van der Waals surface area (Å²) in [7, 11) is 0. The van der Waals surface area contributed by atoms with E-state index in [2.05, 4.69) is 5.32 Å². The van der Waals surface area contributed by atoms with Crippen LogP contribution < -0.4 is 14.8 Å². The van der Waals surface area contributed by atoms with Gasteiger partial charge in [0, 0.05) is 6.54 Å². The maximum Gasteiger partial charge on any atom is 0.329 e. The van der Waals surface area contributed by atoms with Crippen LogP contribution in [0.15, 0.2) is 18.2 Å². The molecular weight excluding hydrogens is 404 g/mol. The topological polar surface area (TPSA) is 111 Å². The van der Waals surface area contributed by atoms with E-state index in [1.165, 1.54) is 13.8 Å². The number of likely N-dealkylation sites (tertiary alicyclic amines) is 1. The fourth-order valence-corrected chi connectivity index (χ4v) is 4.39. The first kappa shape index (κ1) is 21.1. The van der Waals surface area contributed by atoms with Crippen LogP contribution in [-0.4, -0.2) is 47.5 Å². The standard InChI is InChI=1S/C22H26N2O7/c1-12(24-20(26)15-5-3-4-6-16(15)21(24)27)22(28)31-13(2)19(25)23-10-14-7-8-17-18(9-14)30-11-29-17/h7-9,12-13,15-16H,3-6,10-11H2,1-2H3,(H,23,25). The molecule has 0 bridgehead atoms. The smallest absolute Gasteiger partial charge is 0.329 e. The van der Waals surface area contributed by atoms with Gasteiger partial charge in [0.1, 0.15) is 6.04 Å². The molecule has 1 saturated carbocycles. The van der Waals surface area contributed by atoms with Gasteiger partial charge in [-0.25, -0.2) is 4.79 Å². The van der Waals surface area contributed by atoms with E-state index >= 15 is 0 Å². The first-order valence-corrected chi connectivity index (χ1v) is 10.6. The summed E-state index contributed by atoms with van der Waals surface area (Å²) in [6.45, 7) is 3.30. The second-order valence-corrected chi connectivity index (χ2v) is 8.20. The summed E-state index contributed by atoms with van der Waals surface area (Å²) in [5.41, 5.74) is 0.806. The van der Waals surface area contributed by atoms with Crippen molar-refractivity contribution in [1.82, 2.24) is 10.2 Å². The molecular formula is C22H26N2O7. The Bertz CT molecular complexity index is 891. The quantitative estimate of drug-likeness (QED) is 0.538. The third kappa shape index (κ3) is 4.08. The molecule has 2 aliphatic heterocycles. The minimum Gasteiger partial charge on any atom is -0.454 e. The molecule has 1 N–H and O–H groups in total. The zero-order valence-corrected chi connectivity index (χ0v) is 17.6. The maximum absolute atomic E-state index is 12.7. The monoisotopic (exact) mass is 430 g/mol. The van der Waals surface area contributed by atoms with E-state index in [1.807, 2.05) is 0 Å². The van der Waals surface area contributed by atoms with Gasteiger partial charge in [0.2, 0.25) is 18.6 Å². The minimum absolute atomic E-state index is 0.167. The Labute approximate surface area is 180 Å². The molecule has 2 heterocycles. The Morgan fingerprint density at radius 1 is 1.10 bits per heavy atom. The van der Waals surface area contributed by atoms with E-state index in [4.69, 9.17) is 14.2 Å². The zero-order valence-electron chi connectivity index (χ0n) is 17.6. The number of nitrogens with one attached hydrogen (secondary N) is 1. The largest absolute Gasteiger partial charge is 0.454 e. The lowest BCUT2D eigenvalue weighted by Crippen LogP contribution is -2.46. The van der Waals surface area contributed by atoms with Crippen molar-refractivity contribution in [2.75, 3.05) is 6.79 Å². The molecule has 0 radical (unpaired) electrons. The molecule has 31 heavy (non-hydrogen) atoms. The van der Waals surface area contributed by atoms with Crippen molar-refractivity contribution in [3.05, 3.63) is 23.8 Å². The Morgan fingerprint density at radius 3 is 2.42 bits per heavy atom. The molecule has 2 fully saturated rings. The molecule has 0 spiro atoms. The number of benzene rings is 1. The van der Waals surface area contributed by atoms with Crippen LogP contribution in [0.2, 0.25) is 0 Å². The first-order valence-electron chi connectivity index (χ1n) is 10.6. The van der Waals surface area contributed by atoms with Gasteiger partial charge >= 0.3 is 5.97 Å². The third-order valence-electron chi connectivity index (χ3n) is 6.17. The summed E-state index contributed by atoms with van der Waals surface area (Å²) in [4.78, 5) is 51.3. The van der Waals surface area contributed by atoms with E-state index in [0.717, 1.165) is 23.3 Å². The van der Waals surface area contributed by atoms with Crippen molar-refractivity contribution in [2.45, 2.75) is 58.2 Å². The molecule has 1 aromatic carbocycles. The van der Waals surface area contributed by atoms with Gasteiger partial charge in [0.25, 0.3) is 5.91 Å². The number of rotatable bonds is 6. The highest BCUT2D eigenvalue weighted by molar-refractivity contribution is 6.07. The molecule has 166 valence electrons. The van der Waals surface area contributed by atoms with Gasteiger partial charge in [-0.3, -0.25) is 19.3 Å². The van der Waals surface area contributed by atoms with Gasteiger partial charge in [-0.2, -0.15) is 0 Å². The summed E-state index contributed by atoms with van der Waals surface area (Å²) in [5, 5.41) is 2.70. The van der Waals surface area contributed by atoms with Crippen molar-refractivity contribution in [3.8, 4) is 11.5 Å². The SMILES string of the molecule is CC(OC(=O)C(C)N1C(=O)C2CCCCC2C1=O)C(=O)NCc1ccc2c(c1)OCO2. The number of ether oxygens (including phenoxy) is 3. The van der Waals surface area contributed by atoms with Crippen molar-refractivity contribution < 1.29 is 33.4 Å². The van der Waals surface area contributed by atoms with Crippen LogP contribution in [-0.2, 0) is 30.5 Å². The Morgan fingerprint density at radius 2 is 1.74 bits per heavy atom. The number of esters is 1. The normalized spacial score (nSPS) is 23.9. The fraction of sp³-hybridized carbons (Fsp3) is 0.545. The predicted molar refractivity (Wildman–Crippen MR) is 107 cm³/mol. The van der Waals surface area contributed by atoms with Crippen LogP contribution in [0.1, 0.15) is 45.1 Å². The average Bonchev–Trinajstić information content (AvgIpc) is 3.34. The molecule has 9 nitrogen and oxygen atoms in total. The highest BCUT2D eigenvalue weighted by Gasteiger charge is 2.51. The van der Waals surface area contributed by atoms with Crippen molar-refractivity contribution in [1.29, 1.82) is 0 Å². The minimum atomic E-state index is -1.07. The van der Waals surface area contributed by atoms with Gasteiger partial charge in [-0.05, 0) is 44.4 Å². The molecule has 4 atom stereocenters. The molecule has 1 aromatic rings. The van der Waals surface area contributed by atoms with Crippen LogP contribution in [0.3, 0.4) is 0 Å². The van der Waals surface area contributed by atoms with E-state index in [0.29, 0.717) is 24.3 Å². The number of imide groups is 1. The molecule has 3 aliphatic rings. The number of hydrogen-bond donors (Lipinski definition) is 1. The molecule has 3 amide bonds. The lowest BCUT2D eigenvalue weighted by Gasteiger charge is -2.23. The number of hydrogen-bond acceptors (Lipinski definition) is 7. The molecule has 0 aromatic heterocycles. The van der Waals surface area contributed by atoms with Crippen LogP contribution in [0, 0.1) is 11.8 Å². The number of amides is 3. The van der Waals surface area contributed by atoms with Crippen LogP contribution in [0.5, 0.6) is 11.5 Å². The summed E-state index contributed by atoms with van der Waals surface area (Å²) in [6, 6.07) is 4.27. The predicted octanol–water partition coefficient (Wildman–Crippen LogP) is 1.53. The Hall–Kier alpha value is -3.10. The van der Waals surface area contributed by atoms with Crippen LogP contribution >= 0.6 is 0 Å². The van der Waals surface area contributed by atoms with E-state index < -0.39 is 24.0 Å². The summed E-state index contributed by atoms with van der Waals surface area (Å²) < 4.78 is 15.8. The summed E-state index contributed by atoms with van der Waals surface area (Å²) >= 11 is 0. The van der Waals surface area contributed by atoms with Crippen LogP contribution in [0.25, 0.3) is 0 Å². The highest BCUT2D eigenvalue weighted by Crippen LogP contribution is 2.39. The molecule has 4 rings (SSSR count). The molecule has 1 saturated heterocycles. The summed E-state index contributed by atoms with van der Waals surface area (Å²) in [5.74, 6) is -1.27. The van der Waals surface area contributed by atoms with Crippen molar-refractivity contribution in [2.24, 2.45) is 11.8 Å². The number of fused-ring (bicyclic) bond motifs is 2. The average molecular weight is 430 g/mol. The lowest BCUT2D eigenvalue weighted by molar-refractivity contribution is -0.164. The van der Waals surface area contributed by atoms with Gasteiger partial charge in [0.15, 0.2) is 17.6 Å². The van der Waals surface area contributed by atoms with Gasteiger partial charge in [-0.1, -0.05) is 18.9 Å². The van der Waals surface area contributed by atoms with E-state index in [-0.39, 0.29) is 37.0 Å². The number of carbonyl (C=O) groups excluding carboxylic acids is 4. The van der Waals surface area contributed by atoms with Gasteiger partial charge in [0.05, 0.1) is 11.8 Å². The summed E-state index contributed by atoms with van der Waals surface area (Å²) in [6.07, 6.45) is 2.10. The van der Waals surface area contributed by atoms with E-state index in [1.54, 1.807) is 18.2 Å². The second-order valence-electron chi connectivity index (χ2n) is 8.20. The molecule has 9 heteroatoms. The zero-order chi connectivity index (χ0) is 22.1. The first-order chi connectivity index (χ1) is 14.9. The van der Waals surface area contributed by atoms with Gasteiger partial charge < -0.3 is 19.5 Å². The van der Waals surface area contributed by atoms with Crippen molar-refractivity contribution >= 4 is 23.7 Å². The number of carbonyl (C=O) groups is 4. The van der Waals surface area contributed by atoms with Gasteiger partial charge in [-0.15, -0.1) is 0 Å². The second kappa shape index (κ2) is 8.56. The molecule has 4 unspecified atom stereocenters. The maximum atomic E-state index is 12.7. The Balaban J connectivity index is 1.30. The molecule has 1 aliphatic carbocycles. The number of nitrogens with zero attached hydrogens (tertiary/aromatic N) is 1.